The standard InChI is InChI=1S/C16H31N3S/c1-7-12(8-2)11-19(9-3)15-18-14(16(4,5)6)13(10-17)20-15/h12H,7-11,17H2,1-6H3. The molecule has 2 N–H and O–H groups in total. The normalized spacial score (nSPS) is 12.2. The lowest BCUT2D eigenvalue weighted by atomic mass is 9.91. The van der Waals surface area contributed by atoms with E-state index in [2.05, 4.69) is 46.4 Å². The summed E-state index contributed by atoms with van der Waals surface area (Å²) in [6.45, 7) is 16.1. The maximum atomic E-state index is 5.91. The molecule has 0 aromatic carbocycles. The molecule has 0 radical (unpaired) electrons. The zero-order valence-electron chi connectivity index (χ0n) is 14.0. The van der Waals surface area contributed by atoms with Crippen LogP contribution in [0.3, 0.4) is 0 Å². The van der Waals surface area contributed by atoms with E-state index in [-0.39, 0.29) is 5.41 Å². The largest absolute Gasteiger partial charge is 0.348 e. The Hall–Kier alpha value is -0.610. The summed E-state index contributed by atoms with van der Waals surface area (Å²) in [5.74, 6) is 0.748. The molecule has 4 heteroatoms. The van der Waals surface area contributed by atoms with E-state index in [0.29, 0.717) is 6.54 Å². The van der Waals surface area contributed by atoms with Crippen LogP contribution in [0.5, 0.6) is 0 Å². The second-order valence-electron chi connectivity index (χ2n) is 6.44. The summed E-state index contributed by atoms with van der Waals surface area (Å²) in [6.07, 6.45) is 2.46. The van der Waals surface area contributed by atoms with Crippen molar-refractivity contribution in [1.29, 1.82) is 0 Å². The molecule has 0 bridgehead atoms. The lowest BCUT2D eigenvalue weighted by Gasteiger charge is -2.25. The third-order valence-electron chi connectivity index (χ3n) is 3.87. The summed E-state index contributed by atoms with van der Waals surface area (Å²) in [4.78, 5) is 8.55. The number of rotatable bonds is 7. The molecule has 0 saturated heterocycles. The van der Waals surface area contributed by atoms with Crippen LogP contribution in [-0.2, 0) is 12.0 Å². The summed E-state index contributed by atoms with van der Waals surface area (Å²) < 4.78 is 0. The fraction of sp³-hybridized carbons (Fsp3) is 0.812. The van der Waals surface area contributed by atoms with Gasteiger partial charge >= 0.3 is 0 Å². The Balaban J connectivity index is 3.02. The van der Waals surface area contributed by atoms with Gasteiger partial charge in [0.15, 0.2) is 5.13 Å². The molecule has 1 aromatic rings. The van der Waals surface area contributed by atoms with E-state index in [0.717, 1.165) is 24.1 Å². The van der Waals surface area contributed by atoms with Crippen LogP contribution in [0, 0.1) is 5.92 Å². The van der Waals surface area contributed by atoms with E-state index in [4.69, 9.17) is 10.7 Å². The fourth-order valence-corrected chi connectivity index (χ4v) is 3.62. The molecule has 1 aromatic heterocycles. The second-order valence-corrected chi connectivity index (χ2v) is 7.51. The summed E-state index contributed by atoms with van der Waals surface area (Å²) in [5, 5.41) is 1.14. The monoisotopic (exact) mass is 297 g/mol. The highest BCUT2D eigenvalue weighted by molar-refractivity contribution is 7.15. The van der Waals surface area contributed by atoms with Gasteiger partial charge in [0, 0.05) is 29.9 Å². The predicted molar refractivity (Wildman–Crippen MR) is 90.7 cm³/mol. The topological polar surface area (TPSA) is 42.2 Å². The minimum absolute atomic E-state index is 0.0672. The number of anilines is 1. The molecule has 0 aliphatic heterocycles. The van der Waals surface area contributed by atoms with Crippen LogP contribution in [0.25, 0.3) is 0 Å². The number of nitrogens with zero attached hydrogens (tertiary/aromatic N) is 2. The van der Waals surface area contributed by atoms with E-state index in [9.17, 15) is 0 Å². The van der Waals surface area contributed by atoms with E-state index in [1.807, 2.05) is 0 Å². The van der Waals surface area contributed by atoms with Crippen LogP contribution >= 0.6 is 11.3 Å². The first-order chi connectivity index (χ1) is 9.37. The maximum absolute atomic E-state index is 5.91. The average Bonchev–Trinajstić information content (AvgIpc) is 2.84. The molecule has 0 saturated carbocycles. The van der Waals surface area contributed by atoms with Gasteiger partial charge in [0.25, 0.3) is 0 Å². The first kappa shape index (κ1) is 17.4. The highest BCUT2D eigenvalue weighted by Gasteiger charge is 2.24. The summed E-state index contributed by atoms with van der Waals surface area (Å²) in [5.41, 5.74) is 7.14. The highest BCUT2D eigenvalue weighted by atomic mass is 32.1. The Morgan fingerprint density at radius 1 is 1.20 bits per heavy atom. The molecule has 116 valence electrons. The first-order valence-electron chi connectivity index (χ1n) is 7.82. The SMILES string of the molecule is CCC(CC)CN(CC)c1nc(C(C)(C)C)c(CN)s1. The third kappa shape index (κ3) is 4.19. The molecule has 1 rings (SSSR count). The van der Waals surface area contributed by atoms with E-state index >= 15 is 0 Å². The van der Waals surface area contributed by atoms with Crippen molar-refractivity contribution < 1.29 is 0 Å². The molecular formula is C16H31N3S. The van der Waals surface area contributed by atoms with Crippen LogP contribution in [0.15, 0.2) is 0 Å². The van der Waals surface area contributed by atoms with Crippen LogP contribution in [0.2, 0.25) is 0 Å². The third-order valence-corrected chi connectivity index (χ3v) is 5.01. The molecular weight excluding hydrogens is 266 g/mol. The average molecular weight is 298 g/mol. The van der Waals surface area contributed by atoms with E-state index < -0.39 is 0 Å². The molecule has 0 unspecified atom stereocenters. The van der Waals surface area contributed by atoms with Gasteiger partial charge in [-0.3, -0.25) is 0 Å². The first-order valence-corrected chi connectivity index (χ1v) is 8.64. The lowest BCUT2D eigenvalue weighted by Crippen LogP contribution is -2.29. The molecule has 0 spiro atoms. The van der Waals surface area contributed by atoms with Crippen molar-refractivity contribution in [2.45, 2.75) is 66.3 Å². The van der Waals surface area contributed by atoms with Crippen molar-refractivity contribution in [3.8, 4) is 0 Å². The zero-order valence-corrected chi connectivity index (χ0v) is 14.8. The molecule has 3 nitrogen and oxygen atoms in total. The van der Waals surface area contributed by atoms with Crippen molar-refractivity contribution in [2.24, 2.45) is 11.7 Å². The van der Waals surface area contributed by atoms with Crippen molar-refractivity contribution in [3.05, 3.63) is 10.6 Å². The van der Waals surface area contributed by atoms with Gasteiger partial charge in [0.05, 0.1) is 5.69 Å². The Morgan fingerprint density at radius 3 is 2.15 bits per heavy atom. The van der Waals surface area contributed by atoms with Gasteiger partial charge in [-0.1, -0.05) is 47.5 Å². The second kappa shape index (κ2) is 7.41. The van der Waals surface area contributed by atoms with Crippen molar-refractivity contribution in [1.82, 2.24) is 4.98 Å². The van der Waals surface area contributed by atoms with E-state index in [1.165, 1.54) is 23.4 Å². The number of hydrogen-bond acceptors (Lipinski definition) is 4. The van der Waals surface area contributed by atoms with Gasteiger partial charge in [0.1, 0.15) is 0 Å². The van der Waals surface area contributed by atoms with Crippen LogP contribution in [0.1, 0.15) is 65.0 Å². The van der Waals surface area contributed by atoms with E-state index in [1.54, 1.807) is 11.3 Å². The molecule has 0 fully saturated rings. The van der Waals surface area contributed by atoms with Crippen LogP contribution < -0.4 is 10.6 Å². The maximum Gasteiger partial charge on any atom is 0.185 e. The minimum atomic E-state index is 0.0672. The lowest BCUT2D eigenvalue weighted by molar-refractivity contribution is 0.485. The van der Waals surface area contributed by atoms with Crippen molar-refractivity contribution in [3.63, 3.8) is 0 Å². The van der Waals surface area contributed by atoms with Gasteiger partial charge < -0.3 is 10.6 Å². The number of hydrogen-bond donors (Lipinski definition) is 1. The van der Waals surface area contributed by atoms with Crippen molar-refractivity contribution >= 4 is 16.5 Å². The van der Waals surface area contributed by atoms with Gasteiger partial charge in [-0.05, 0) is 12.8 Å². The number of nitrogens with two attached hydrogens (primary N) is 1. The van der Waals surface area contributed by atoms with Gasteiger partial charge in [0.2, 0.25) is 0 Å². The van der Waals surface area contributed by atoms with Crippen LogP contribution in [0.4, 0.5) is 5.13 Å². The summed E-state index contributed by atoms with van der Waals surface area (Å²) >= 11 is 1.77. The molecule has 1 heterocycles. The Bertz CT molecular complexity index is 402. The molecule has 0 amide bonds. The Kier molecular flexibility index (Phi) is 6.46. The fourth-order valence-electron chi connectivity index (χ4n) is 2.40. The van der Waals surface area contributed by atoms with Gasteiger partial charge in [-0.25, -0.2) is 4.98 Å². The van der Waals surface area contributed by atoms with Crippen molar-refractivity contribution in [2.75, 3.05) is 18.0 Å². The number of thiazole rings is 1. The smallest absolute Gasteiger partial charge is 0.185 e. The summed E-state index contributed by atoms with van der Waals surface area (Å²) in [7, 11) is 0. The predicted octanol–water partition coefficient (Wildman–Crippen LogP) is 4.16. The number of aromatic nitrogens is 1. The van der Waals surface area contributed by atoms with Crippen LogP contribution in [-0.4, -0.2) is 18.1 Å². The molecule has 0 atom stereocenters. The quantitative estimate of drug-likeness (QED) is 0.821. The minimum Gasteiger partial charge on any atom is -0.348 e. The molecule has 0 aliphatic carbocycles. The molecule has 20 heavy (non-hydrogen) atoms. The zero-order chi connectivity index (χ0) is 15.3. The Morgan fingerprint density at radius 2 is 1.80 bits per heavy atom. The van der Waals surface area contributed by atoms with Gasteiger partial charge in [-0.2, -0.15) is 0 Å². The van der Waals surface area contributed by atoms with Gasteiger partial charge in [-0.15, -0.1) is 11.3 Å². The highest BCUT2D eigenvalue weighted by Crippen LogP contribution is 2.34. The summed E-state index contributed by atoms with van der Waals surface area (Å²) in [6, 6.07) is 0. The molecule has 0 aliphatic rings. The Labute approximate surface area is 128 Å².